The SMILES string of the molecule is CC(NC1(CNC(=O)C2=CN3CCS(=O)(=O)N=C3C=C2)CCCC1)c1ccccc1. The fraction of sp³-hybridized carbons (Fsp3) is 0.455. The zero-order valence-electron chi connectivity index (χ0n) is 17.2. The van der Waals surface area contributed by atoms with Crippen LogP contribution < -0.4 is 10.6 Å². The van der Waals surface area contributed by atoms with Gasteiger partial charge in [-0.1, -0.05) is 43.2 Å². The second-order valence-electron chi connectivity index (χ2n) is 8.29. The first-order valence-electron chi connectivity index (χ1n) is 10.5. The van der Waals surface area contributed by atoms with E-state index in [2.05, 4.69) is 34.1 Å². The molecule has 160 valence electrons. The van der Waals surface area contributed by atoms with Gasteiger partial charge in [-0.15, -0.1) is 4.40 Å². The Morgan fingerprint density at radius 2 is 1.93 bits per heavy atom. The molecule has 0 bridgehead atoms. The third kappa shape index (κ3) is 4.65. The number of nitrogens with zero attached hydrogens (tertiary/aromatic N) is 2. The van der Waals surface area contributed by atoms with Gasteiger partial charge in [-0.05, 0) is 37.5 Å². The van der Waals surface area contributed by atoms with E-state index in [4.69, 9.17) is 0 Å². The van der Waals surface area contributed by atoms with Crippen LogP contribution in [0.4, 0.5) is 0 Å². The molecule has 1 atom stereocenters. The van der Waals surface area contributed by atoms with E-state index in [1.54, 1.807) is 23.3 Å². The second-order valence-corrected chi connectivity index (χ2v) is 10.0. The zero-order valence-corrected chi connectivity index (χ0v) is 18.0. The Hall–Kier alpha value is -2.45. The smallest absolute Gasteiger partial charge is 0.256 e. The molecule has 2 N–H and O–H groups in total. The molecule has 0 radical (unpaired) electrons. The van der Waals surface area contributed by atoms with Crippen molar-refractivity contribution in [1.82, 2.24) is 15.5 Å². The summed E-state index contributed by atoms with van der Waals surface area (Å²) >= 11 is 0. The molecule has 30 heavy (non-hydrogen) atoms. The number of carbonyl (C=O) groups is 1. The number of sulfonamides is 1. The summed E-state index contributed by atoms with van der Waals surface area (Å²) in [5.41, 5.74) is 1.63. The van der Waals surface area contributed by atoms with E-state index in [0.717, 1.165) is 25.7 Å². The minimum atomic E-state index is -3.40. The van der Waals surface area contributed by atoms with Crippen molar-refractivity contribution in [3.63, 3.8) is 0 Å². The fourth-order valence-electron chi connectivity index (χ4n) is 4.40. The van der Waals surface area contributed by atoms with Crippen molar-refractivity contribution < 1.29 is 13.2 Å². The van der Waals surface area contributed by atoms with Crippen molar-refractivity contribution in [2.24, 2.45) is 4.40 Å². The quantitative estimate of drug-likeness (QED) is 0.725. The minimum Gasteiger partial charge on any atom is -0.350 e. The van der Waals surface area contributed by atoms with E-state index < -0.39 is 10.0 Å². The number of hydrogen-bond donors (Lipinski definition) is 2. The van der Waals surface area contributed by atoms with Gasteiger partial charge < -0.3 is 15.5 Å². The van der Waals surface area contributed by atoms with Crippen LogP contribution in [0.15, 0.2) is 58.7 Å². The van der Waals surface area contributed by atoms with Gasteiger partial charge in [-0.25, -0.2) is 8.42 Å². The molecule has 2 aliphatic heterocycles. The normalized spacial score (nSPS) is 22.6. The first kappa shape index (κ1) is 20.8. The monoisotopic (exact) mass is 428 g/mol. The summed E-state index contributed by atoms with van der Waals surface area (Å²) in [6, 6.07) is 10.5. The molecule has 7 nitrogen and oxygen atoms in total. The van der Waals surface area contributed by atoms with Gasteiger partial charge in [-0.3, -0.25) is 4.79 Å². The summed E-state index contributed by atoms with van der Waals surface area (Å²) in [4.78, 5) is 14.5. The number of nitrogens with one attached hydrogen (secondary N) is 2. The first-order valence-corrected chi connectivity index (χ1v) is 12.1. The Morgan fingerprint density at radius 3 is 2.67 bits per heavy atom. The lowest BCUT2D eigenvalue weighted by atomic mass is 9.94. The molecule has 1 saturated carbocycles. The predicted octanol–water partition coefficient (Wildman–Crippen LogP) is 2.26. The Labute approximate surface area is 178 Å². The van der Waals surface area contributed by atoms with E-state index in [1.165, 1.54) is 5.56 Å². The minimum absolute atomic E-state index is 0.0415. The van der Waals surface area contributed by atoms with E-state index in [-0.39, 0.29) is 23.2 Å². The number of benzene rings is 1. The molecule has 0 aromatic heterocycles. The van der Waals surface area contributed by atoms with Gasteiger partial charge in [0.15, 0.2) is 0 Å². The highest BCUT2D eigenvalue weighted by Gasteiger charge is 2.35. The van der Waals surface area contributed by atoms with Gasteiger partial charge in [-0.2, -0.15) is 0 Å². The fourth-order valence-corrected chi connectivity index (χ4v) is 5.36. The maximum atomic E-state index is 12.8. The van der Waals surface area contributed by atoms with E-state index in [0.29, 0.717) is 24.5 Å². The molecule has 1 aliphatic carbocycles. The van der Waals surface area contributed by atoms with Gasteiger partial charge in [0.25, 0.3) is 15.9 Å². The van der Waals surface area contributed by atoms with Crippen LogP contribution in [0.5, 0.6) is 0 Å². The van der Waals surface area contributed by atoms with E-state index in [9.17, 15) is 13.2 Å². The average Bonchev–Trinajstić information content (AvgIpc) is 3.20. The third-order valence-corrected chi connectivity index (χ3v) is 7.22. The summed E-state index contributed by atoms with van der Waals surface area (Å²) in [5.74, 6) is 0.169. The van der Waals surface area contributed by atoms with Crippen molar-refractivity contribution in [3.05, 3.63) is 59.8 Å². The molecular formula is C22H28N4O3S. The zero-order chi connectivity index (χ0) is 21.2. The van der Waals surface area contributed by atoms with Gasteiger partial charge in [0.05, 0.1) is 11.3 Å². The standard InChI is InChI=1S/C22H28N4O3S/c1-17(18-7-3-2-4-8-18)24-22(11-5-6-12-22)16-23-21(27)19-9-10-20-25-30(28,29)14-13-26(20)15-19/h2-4,7-10,15,17,24H,5-6,11-14,16H2,1H3,(H,23,27). The molecule has 1 unspecified atom stereocenters. The van der Waals surface area contributed by atoms with Crippen molar-refractivity contribution in [1.29, 1.82) is 0 Å². The average molecular weight is 429 g/mol. The summed E-state index contributed by atoms with van der Waals surface area (Å²) in [6.07, 6.45) is 9.26. The van der Waals surface area contributed by atoms with Crippen LogP contribution >= 0.6 is 0 Å². The van der Waals surface area contributed by atoms with Crippen molar-refractivity contribution in [3.8, 4) is 0 Å². The summed E-state index contributed by atoms with van der Waals surface area (Å²) in [7, 11) is -3.40. The lowest BCUT2D eigenvalue weighted by Gasteiger charge is -2.34. The van der Waals surface area contributed by atoms with Crippen molar-refractivity contribution in [2.45, 2.75) is 44.2 Å². The van der Waals surface area contributed by atoms with E-state index >= 15 is 0 Å². The van der Waals surface area contributed by atoms with Crippen molar-refractivity contribution >= 4 is 21.8 Å². The molecule has 4 rings (SSSR count). The van der Waals surface area contributed by atoms with Gasteiger partial charge in [0, 0.05) is 30.9 Å². The Bertz CT molecular complexity index is 992. The number of fused-ring (bicyclic) bond motifs is 1. The van der Waals surface area contributed by atoms with Gasteiger partial charge in [0.2, 0.25) is 0 Å². The molecule has 3 aliphatic rings. The first-order chi connectivity index (χ1) is 14.4. The lowest BCUT2D eigenvalue weighted by molar-refractivity contribution is -0.117. The highest BCUT2D eigenvalue weighted by Crippen LogP contribution is 2.32. The predicted molar refractivity (Wildman–Crippen MR) is 117 cm³/mol. The van der Waals surface area contributed by atoms with Gasteiger partial charge >= 0.3 is 0 Å². The Balaban J connectivity index is 1.41. The summed E-state index contributed by atoms with van der Waals surface area (Å²) < 4.78 is 27.0. The van der Waals surface area contributed by atoms with Crippen LogP contribution in [0.1, 0.15) is 44.2 Å². The lowest BCUT2D eigenvalue weighted by Crippen LogP contribution is -2.52. The number of rotatable bonds is 6. The molecule has 0 saturated heterocycles. The maximum Gasteiger partial charge on any atom is 0.256 e. The van der Waals surface area contributed by atoms with Crippen LogP contribution in [0, 0.1) is 0 Å². The van der Waals surface area contributed by atoms with E-state index in [1.807, 2.05) is 18.2 Å². The Morgan fingerprint density at radius 1 is 1.20 bits per heavy atom. The van der Waals surface area contributed by atoms with Crippen LogP contribution in [0.2, 0.25) is 0 Å². The van der Waals surface area contributed by atoms with Gasteiger partial charge in [0.1, 0.15) is 5.84 Å². The molecule has 8 heteroatoms. The van der Waals surface area contributed by atoms with Crippen molar-refractivity contribution in [2.75, 3.05) is 18.8 Å². The number of hydrogen-bond acceptors (Lipinski definition) is 5. The van der Waals surface area contributed by atoms with Crippen LogP contribution in [0.3, 0.4) is 0 Å². The maximum absolute atomic E-state index is 12.8. The van der Waals surface area contributed by atoms with Crippen LogP contribution in [-0.4, -0.2) is 49.4 Å². The van der Waals surface area contributed by atoms with Crippen LogP contribution in [0.25, 0.3) is 0 Å². The largest absolute Gasteiger partial charge is 0.350 e. The second kappa shape index (κ2) is 8.35. The molecule has 1 aromatic rings. The molecule has 1 fully saturated rings. The van der Waals surface area contributed by atoms with Crippen LogP contribution in [-0.2, 0) is 14.8 Å². The summed E-state index contributed by atoms with van der Waals surface area (Å²) in [5, 5.41) is 6.87. The molecule has 0 spiro atoms. The number of amides is 1. The molecular weight excluding hydrogens is 400 g/mol. The molecule has 1 aromatic carbocycles. The highest BCUT2D eigenvalue weighted by atomic mass is 32.2. The number of carbonyl (C=O) groups excluding carboxylic acids is 1. The number of amidine groups is 1. The topological polar surface area (TPSA) is 90.9 Å². The third-order valence-electron chi connectivity index (χ3n) is 6.06. The Kier molecular flexibility index (Phi) is 5.79. The summed E-state index contributed by atoms with van der Waals surface area (Å²) in [6.45, 7) is 3.03. The highest BCUT2D eigenvalue weighted by molar-refractivity contribution is 7.90. The molecule has 1 amide bonds. The molecule has 2 heterocycles.